The van der Waals surface area contributed by atoms with E-state index in [1.54, 1.807) is 36.5 Å². The lowest BCUT2D eigenvalue weighted by Crippen LogP contribution is -2.25. The number of hydrogen-bond donors (Lipinski definition) is 2. The van der Waals surface area contributed by atoms with Gasteiger partial charge in [-0.05, 0) is 54.7 Å². The first-order chi connectivity index (χ1) is 14.5. The number of nitrogens with one attached hydrogen (secondary N) is 2. The number of benzene rings is 2. The molecule has 1 amide bonds. The van der Waals surface area contributed by atoms with E-state index in [9.17, 15) is 13.2 Å². The second kappa shape index (κ2) is 8.77. The van der Waals surface area contributed by atoms with Crippen LogP contribution in [0.15, 0.2) is 77.8 Å². The molecule has 0 atom stereocenters. The summed E-state index contributed by atoms with van der Waals surface area (Å²) >= 11 is 0. The van der Waals surface area contributed by atoms with Gasteiger partial charge in [-0.2, -0.15) is 0 Å². The summed E-state index contributed by atoms with van der Waals surface area (Å²) in [5.74, 6) is 0.370. The molecule has 2 N–H and O–H groups in total. The van der Waals surface area contributed by atoms with Crippen molar-refractivity contribution in [3.05, 3.63) is 78.5 Å². The van der Waals surface area contributed by atoms with Crippen LogP contribution in [0.1, 0.15) is 24.8 Å². The molecule has 0 aliphatic heterocycles. The number of nitrogens with zero attached hydrogens (tertiary/aromatic N) is 1. The molecule has 0 bridgehead atoms. The molecule has 1 aliphatic rings. The highest BCUT2D eigenvalue weighted by atomic mass is 32.2. The van der Waals surface area contributed by atoms with Gasteiger partial charge in [0.1, 0.15) is 5.82 Å². The van der Waals surface area contributed by atoms with Crippen LogP contribution in [-0.2, 0) is 21.2 Å². The molecule has 1 saturated carbocycles. The van der Waals surface area contributed by atoms with Crippen LogP contribution in [-0.4, -0.2) is 25.4 Å². The van der Waals surface area contributed by atoms with E-state index in [1.807, 2.05) is 36.4 Å². The Kier molecular flexibility index (Phi) is 5.92. The first-order valence-corrected chi connectivity index (χ1v) is 11.4. The monoisotopic (exact) mass is 421 g/mol. The van der Waals surface area contributed by atoms with Crippen LogP contribution in [0.3, 0.4) is 0 Å². The van der Waals surface area contributed by atoms with Gasteiger partial charge < -0.3 is 5.32 Å². The highest BCUT2D eigenvalue weighted by Gasteiger charge is 2.27. The van der Waals surface area contributed by atoms with Gasteiger partial charge in [0.15, 0.2) is 0 Å². The lowest BCUT2D eigenvalue weighted by molar-refractivity contribution is -0.116. The second-order valence-electron chi connectivity index (χ2n) is 7.39. The number of aromatic nitrogens is 1. The van der Waals surface area contributed by atoms with Gasteiger partial charge in [0.25, 0.3) is 0 Å². The Bertz CT molecular complexity index is 1110. The number of carbonyl (C=O) groups excluding carboxylic acids is 1. The predicted octanol–water partition coefficient (Wildman–Crippen LogP) is 3.76. The zero-order valence-electron chi connectivity index (χ0n) is 16.4. The van der Waals surface area contributed by atoms with Crippen LogP contribution in [0.5, 0.6) is 0 Å². The topological polar surface area (TPSA) is 88.2 Å². The van der Waals surface area contributed by atoms with Gasteiger partial charge in [-0.3, -0.25) is 4.79 Å². The van der Waals surface area contributed by atoms with E-state index < -0.39 is 10.0 Å². The SMILES string of the molecule is O=C(CCc1ccc(S(=O)(=O)NC2CC2)cc1)Nc1ccc(-c2ccccc2)cn1. The second-order valence-corrected chi connectivity index (χ2v) is 9.10. The van der Waals surface area contributed by atoms with E-state index in [0.29, 0.717) is 12.2 Å². The number of carbonyl (C=O) groups is 1. The molecule has 2 aromatic carbocycles. The number of sulfonamides is 1. The summed E-state index contributed by atoms with van der Waals surface area (Å²) in [6, 6.07) is 20.4. The molecule has 1 fully saturated rings. The quantitative estimate of drug-likeness (QED) is 0.580. The molecule has 7 heteroatoms. The van der Waals surface area contributed by atoms with Gasteiger partial charge in [-0.1, -0.05) is 42.5 Å². The van der Waals surface area contributed by atoms with Gasteiger partial charge in [0.05, 0.1) is 4.90 Å². The summed E-state index contributed by atoms with van der Waals surface area (Å²) in [6.45, 7) is 0. The highest BCUT2D eigenvalue weighted by Crippen LogP contribution is 2.22. The van der Waals surface area contributed by atoms with E-state index in [4.69, 9.17) is 0 Å². The Morgan fingerprint density at radius 3 is 2.30 bits per heavy atom. The number of anilines is 1. The van der Waals surface area contributed by atoms with Crippen molar-refractivity contribution >= 4 is 21.7 Å². The fraction of sp³-hybridized carbons (Fsp3) is 0.217. The average Bonchev–Trinajstić information content (AvgIpc) is 3.57. The number of pyridine rings is 1. The smallest absolute Gasteiger partial charge is 0.240 e. The maximum Gasteiger partial charge on any atom is 0.240 e. The van der Waals surface area contributed by atoms with Gasteiger partial charge >= 0.3 is 0 Å². The number of hydrogen-bond acceptors (Lipinski definition) is 4. The van der Waals surface area contributed by atoms with Crippen LogP contribution in [0.4, 0.5) is 5.82 Å². The minimum absolute atomic E-state index is 0.0775. The Morgan fingerprint density at radius 1 is 0.933 bits per heavy atom. The predicted molar refractivity (Wildman–Crippen MR) is 116 cm³/mol. The molecule has 1 aliphatic carbocycles. The minimum Gasteiger partial charge on any atom is -0.311 e. The molecule has 3 aromatic rings. The van der Waals surface area contributed by atoms with Crippen LogP contribution < -0.4 is 10.0 Å². The maximum absolute atomic E-state index is 12.2. The maximum atomic E-state index is 12.2. The summed E-state index contributed by atoms with van der Waals surface area (Å²) in [6.07, 6.45) is 4.34. The summed E-state index contributed by atoms with van der Waals surface area (Å²) in [7, 11) is -3.45. The third kappa shape index (κ3) is 5.31. The lowest BCUT2D eigenvalue weighted by Gasteiger charge is -2.08. The van der Waals surface area contributed by atoms with Gasteiger partial charge in [0.2, 0.25) is 15.9 Å². The summed E-state index contributed by atoms with van der Waals surface area (Å²) in [5, 5.41) is 2.80. The molecule has 4 rings (SSSR count). The molecule has 6 nitrogen and oxygen atoms in total. The van der Waals surface area contributed by atoms with Crippen molar-refractivity contribution in [3.63, 3.8) is 0 Å². The molecule has 30 heavy (non-hydrogen) atoms. The van der Waals surface area contributed by atoms with E-state index >= 15 is 0 Å². The standard InChI is InChI=1S/C23H23N3O3S/c27-23(25-22-14-9-19(16-24-22)18-4-2-1-3-5-18)15-8-17-6-12-21(13-7-17)30(28,29)26-20-10-11-20/h1-7,9,12-14,16,20,26H,8,10-11,15H2,(H,24,25,27). The van der Waals surface area contributed by atoms with Crippen LogP contribution in [0.2, 0.25) is 0 Å². The number of aryl methyl sites for hydroxylation is 1. The van der Waals surface area contributed by atoms with Crippen molar-refractivity contribution in [2.24, 2.45) is 0 Å². The van der Waals surface area contributed by atoms with Gasteiger partial charge in [-0.25, -0.2) is 18.1 Å². The zero-order valence-corrected chi connectivity index (χ0v) is 17.2. The van der Waals surface area contributed by atoms with Crippen molar-refractivity contribution < 1.29 is 13.2 Å². The average molecular weight is 422 g/mol. The van der Waals surface area contributed by atoms with E-state index in [1.165, 1.54) is 0 Å². The molecule has 0 spiro atoms. The molecule has 0 saturated heterocycles. The molecule has 0 unspecified atom stereocenters. The van der Waals surface area contributed by atoms with Crippen molar-refractivity contribution in [3.8, 4) is 11.1 Å². The fourth-order valence-corrected chi connectivity index (χ4v) is 4.36. The molecular weight excluding hydrogens is 398 g/mol. The molecular formula is C23H23N3O3S. The summed E-state index contributed by atoms with van der Waals surface area (Å²) < 4.78 is 27.1. The van der Waals surface area contributed by atoms with Crippen LogP contribution in [0, 0.1) is 0 Å². The molecule has 154 valence electrons. The number of rotatable bonds is 8. The molecule has 1 heterocycles. The molecule has 0 radical (unpaired) electrons. The number of amides is 1. The van der Waals surface area contributed by atoms with E-state index in [-0.39, 0.29) is 23.3 Å². The first kappa shape index (κ1) is 20.3. The van der Waals surface area contributed by atoms with Gasteiger partial charge in [-0.15, -0.1) is 0 Å². The third-order valence-corrected chi connectivity index (χ3v) is 6.45. The van der Waals surface area contributed by atoms with Crippen molar-refractivity contribution in [1.82, 2.24) is 9.71 Å². The Balaban J connectivity index is 1.29. The Labute approximate surface area is 176 Å². The highest BCUT2D eigenvalue weighted by molar-refractivity contribution is 7.89. The lowest BCUT2D eigenvalue weighted by atomic mass is 10.1. The summed E-state index contributed by atoms with van der Waals surface area (Å²) in [4.78, 5) is 16.8. The van der Waals surface area contributed by atoms with Crippen LogP contribution >= 0.6 is 0 Å². The third-order valence-electron chi connectivity index (χ3n) is 4.91. The van der Waals surface area contributed by atoms with E-state index in [2.05, 4.69) is 15.0 Å². The largest absolute Gasteiger partial charge is 0.311 e. The minimum atomic E-state index is -3.45. The Hall–Kier alpha value is -3.03. The van der Waals surface area contributed by atoms with Crippen molar-refractivity contribution in [2.45, 2.75) is 36.6 Å². The summed E-state index contributed by atoms with van der Waals surface area (Å²) in [5.41, 5.74) is 2.96. The van der Waals surface area contributed by atoms with Crippen LogP contribution in [0.25, 0.3) is 11.1 Å². The zero-order chi connectivity index (χ0) is 21.0. The van der Waals surface area contributed by atoms with Crippen molar-refractivity contribution in [2.75, 3.05) is 5.32 Å². The molecule has 1 aromatic heterocycles. The first-order valence-electron chi connectivity index (χ1n) is 9.92. The van der Waals surface area contributed by atoms with Gasteiger partial charge in [0, 0.05) is 24.2 Å². The fourth-order valence-electron chi connectivity index (χ4n) is 3.06. The van der Waals surface area contributed by atoms with Crippen molar-refractivity contribution in [1.29, 1.82) is 0 Å². The normalized spacial score (nSPS) is 13.7. The van der Waals surface area contributed by atoms with E-state index in [0.717, 1.165) is 29.5 Å². The Morgan fingerprint density at radius 2 is 1.67 bits per heavy atom.